The van der Waals surface area contributed by atoms with Crippen LogP contribution in [0.4, 0.5) is 0 Å². The van der Waals surface area contributed by atoms with Gasteiger partial charge in [0, 0.05) is 17.8 Å². The molecule has 1 aliphatic rings. The summed E-state index contributed by atoms with van der Waals surface area (Å²) in [6.07, 6.45) is 5.32. The van der Waals surface area contributed by atoms with Gasteiger partial charge in [-0.2, -0.15) is 0 Å². The minimum Gasteiger partial charge on any atom is -0.345 e. The normalized spacial score (nSPS) is 14.8. The summed E-state index contributed by atoms with van der Waals surface area (Å²) in [6, 6.07) is 6.28. The molecule has 3 aromatic rings. The quantitative estimate of drug-likeness (QED) is 0.746. The van der Waals surface area contributed by atoms with Gasteiger partial charge in [0.1, 0.15) is 0 Å². The molecule has 0 bridgehead atoms. The number of nitrogens with zero attached hydrogens (tertiary/aromatic N) is 3. The largest absolute Gasteiger partial charge is 0.345 e. The molecular formula is C14H13BrN4. The fraction of sp³-hybridized carbons (Fsp3) is 0.286. The molecule has 0 saturated carbocycles. The van der Waals surface area contributed by atoms with Crippen LogP contribution in [0, 0.1) is 0 Å². The zero-order valence-corrected chi connectivity index (χ0v) is 11.9. The number of hydrogen-bond donors (Lipinski definition) is 1. The first-order valence-electron chi connectivity index (χ1n) is 6.51. The van der Waals surface area contributed by atoms with Crippen LogP contribution in [0.25, 0.3) is 22.3 Å². The van der Waals surface area contributed by atoms with Crippen molar-refractivity contribution in [2.45, 2.75) is 25.8 Å². The third-order valence-electron chi connectivity index (χ3n) is 3.76. The van der Waals surface area contributed by atoms with Crippen molar-refractivity contribution in [1.29, 1.82) is 0 Å². The summed E-state index contributed by atoms with van der Waals surface area (Å²) < 4.78 is 3.23. The summed E-state index contributed by atoms with van der Waals surface area (Å²) in [7, 11) is 0. The number of aromatic nitrogens is 4. The van der Waals surface area contributed by atoms with Crippen molar-refractivity contribution in [2.24, 2.45) is 0 Å². The van der Waals surface area contributed by atoms with E-state index in [1.54, 1.807) is 6.33 Å². The Bertz CT molecular complexity index is 756. The third kappa shape index (κ3) is 1.72. The zero-order valence-electron chi connectivity index (χ0n) is 10.4. The molecule has 0 atom stereocenters. The molecule has 1 aromatic carbocycles. The molecule has 0 radical (unpaired) electrons. The number of aromatic amines is 1. The van der Waals surface area contributed by atoms with Crippen molar-refractivity contribution in [3.8, 4) is 11.3 Å². The number of benzene rings is 1. The highest BCUT2D eigenvalue weighted by Gasteiger charge is 2.19. The van der Waals surface area contributed by atoms with E-state index >= 15 is 0 Å². The van der Waals surface area contributed by atoms with Crippen LogP contribution in [0.1, 0.15) is 18.5 Å². The fourth-order valence-electron chi connectivity index (χ4n) is 2.81. The highest BCUT2D eigenvalue weighted by Crippen LogP contribution is 2.31. The standard InChI is InChI=1S/C14H13BrN4/c15-14-18-13(12-3-1-2-6-19(12)14)9-4-5-10-11(7-9)17-8-16-10/h4-5,7-8H,1-3,6H2,(H,16,17). The molecular weight excluding hydrogens is 304 g/mol. The van der Waals surface area contributed by atoms with Crippen molar-refractivity contribution in [1.82, 2.24) is 19.5 Å². The lowest BCUT2D eigenvalue weighted by Crippen LogP contribution is -2.10. The first kappa shape index (κ1) is 11.2. The summed E-state index contributed by atoms with van der Waals surface area (Å²) in [5, 5.41) is 0. The van der Waals surface area contributed by atoms with Crippen LogP contribution in [0.2, 0.25) is 0 Å². The smallest absolute Gasteiger partial charge is 0.177 e. The number of rotatable bonds is 1. The lowest BCUT2D eigenvalue weighted by Gasteiger charge is -2.15. The van der Waals surface area contributed by atoms with Crippen LogP contribution in [-0.2, 0) is 13.0 Å². The molecule has 0 spiro atoms. The monoisotopic (exact) mass is 316 g/mol. The Morgan fingerprint density at radius 3 is 3.16 bits per heavy atom. The molecule has 4 rings (SSSR count). The van der Waals surface area contributed by atoms with E-state index < -0.39 is 0 Å². The average molecular weight is 317 g/mol. The van der Waals surface area contributed by atoms with Crippen molar-refractivity contribution in [2.75, 3.05) is 0 Å². The Hall–Kier alpha value is -1.62. The highest BCUT2D eigenvalue weighted by atomic mass is 79.9. The van der Waals surface area contributed by atoms with Gasteiger partial charge in [-0.3, -0.25) is 0 Å². The molecule has 1 aliphatic heterocycles. The zero-order chi connectivity index (χ0) is 12.8. The van der Waals surface area contributed by atoms with Crippen LogP contribution < -0.4 is 0 Å². The van der Waals surface area contributed by atoms with Gasteiger partial charge in [0.05, 0.1) is 23.1 Å². The van der Waals surface area contributed by atoms with Gasteiger partial charge < -0.3 is 9.55 Å². The number of halogens is 1. The maximum atomic E-state index is 4.70. The molecule has 2 aromatic heterocycles. The predicted octanol–water partition coefficient (Wildman–Crippen LogP) is 3.53. The van der Waals surface area contributed by atoms with Crippen molar-refractivity contribution in [3.63, 3.8) is 0 Å². The number of H-pyrrole nitrogens is 1. The molecule has 19 heavy (non-hydrogen) atoms. The van der Waals surface area contributed by atoms with E-state index in [-0.39, 0.29) is 0 Å². The molecule has 0 amide bonds. The Balaban J connectivity index is 1.91. The van der Waals surface area contributed by atoms with Crippen molar-refractivity contribution in [3.05, 3.63) is 35.0 Å². The van der Waals surface area contributed by atoms with E-state index in [1.807, 2.05) is 6.07 Å². The molecule has 4 nitrogen and oxygen atoms in total. The Morgan fingerprint density at radius 1 is 1.26 bits per heavy atom. The number of imidazole rings is 2. The van der Waals surface area contributed by atoms with E-state index in [9.17, 15) is 0 Å². The molecule has 3 heterocycles. The molecule has 0 unspecified atom stereocenters. The fourth-order valence-corrected chi connectivity index (χ4v) is 3.38. The van der Waals surface area contributed by atoms with Crippen LogP contribution >= 0.6 is 15.9 Å². The van der Waals surface area contributed by atoms with Gasteiger partial charge in [0.2, 0.25) is 0 Å². The molecule has 5 heteroatoms. The maximum absolute atomic E-state index is 4.70. The van der Waals surface area contributed by atoms with Crippen LogP contribution in [-0.4, -0.2) is 19.5 Å². The second kappa shape index (κ2) is 4.20. The van der Waals surface area contributed by atoms with Gasteiger partial charge in [0.15, 0.2) is 4.73 Å². The van der Waals surface area contributed by atoms with E-state index in [0.29, 0.717) is 0 Å². The number of nitrogens with one attached hydrogen (secondary N) is 1. The van der Waals surface area contributed by atoms with Gasteiger partial charge in [0.25, 0.3) is 0 Å². The highest BCUT2D eigenvalue weighted by molar-refractivity contribution is 9.10. The number of fused-ring (bicyclic) bond motifs is 2. The molecule has 0 fully saturated rings. The van der Waals surface area contributed by atoms with Crippen molar-refractivity contribution >= 4 is 27.0 Å². The van der Waals surface area contributed by atoms with Gasteiger partial charge in [-0.25, -0.2) is 9.97 Å². The lowest BCUT2D eigenvalue weighted by atomic mass is 10.0. The van der Waals surface area contributed by atoms with Crippen LogP contribution in [0.15, 0.2) is 29.3 Å². The van der Waals surface area contributed by atoms with E-state index in [4.69, 9.17) is 4.98 Å². The topological polar surface area (TPSA) is 46.5 Å². The summed E-state index contributed by atoms with van der Waals surface area (Å²) in [5.74, 6) is 0. The first-order chi connectivity index (χ1) is 9.33. The first-order valence-corrected chi connectivity index (χ1v) is 7.30. The minimum absolute atomic E-state index is 0.946. The molecule has 0 saturated heterocycles. The molecule has 1 N–H and O–H groups in total. The van der Waals surface area contributed by atoms with Gasteiger partial charge in [-0.1, -0.05) is 6.07 Å². The van der Waals surface area contributed by atoms with Gasteiger partial charge >= 0.3 is 0 Å². The van der Waals surface area contributed by atoms with E-state index in [0.717, 1.165) is 40.0 Å². The summed E-state index contributed by atoms with van der Waals surface area (Å²) in [5.41, 5.74) is 5.66. The lowest BCUT2D eigenvalue weighted by molar-refractivity contribution is 0.525. The minimum atomic E-state index is 0.946. The molecule has 96 valence electrons. The average Bonchev–Trinajstić information content (AvgIpc) is 3.03. The summed E-state index contributed by atoms with van der Waals surface area (Å²) in [6.45, 7) is 1.06. The predicted molar refractivity (Wildman–Crippen MR) is 78.0 cm³/mol. The Kier molecular flexibility index (Phi) is 2.48. The van der Waals surface area contributed by atoms with Gasteiger partial charge in [-0.05, 0) is 47.3 Å². The second-order valence-electron chi connectivity index (χ2n) is 4.92. The number of hydrogen-bond acceptors (Lipinski definition) is 2. The SMILES string of the molecule is Brc1nc(-c2ccc3nc[nH]c3c2)c2n1CCCC2. The van der Waals surface area contributed by atoms with E-state index in [1.165, 1.54) is 18.5 Å². The Labute approximate surface area is 119 Å². The van der Waals surface area contributed by atoms with Crippen LogP contribution in [0.5, 0.6) is 0 Å². The summed E-state index contributed by atoms with van der Waals surface area (Å²) >= 11 is 3.57. The summed E-state index contributed by atoms with van der Waals surface area (Å²) in [4.78, 5) is 12.1. The maximum Gasteiger partial charge on any atom is 0.177 e. The van der Waals surface area contributed by atoms with E-state index in [2.05, 4.69) is 42.6 Å². The molecule has 0 aliphatic carbocycles. The van der Waals surface area contributed by atoms with Gasteiger partial charge in [-0.15, -0.1) is 0 Å². The third-order valence-corrected chi connectivity index (χ3v) is 4.37. The van der Waals surface area contributed by atoms with Crippen molar-refractivity contribution < 1.29 is 0 Å². The van der Waals surface area contributed by atoms with Crippen LogP contribution in [0.3, 0.4) is 0 Å². The second-order valence-corrected chi connectivity index (χ2v) is 5.63. The Morgan fingerprint density at radius 2 is 2.21 bits per heavy atom.